The summed E-state index contributed by atoms with van der Waals surface area (Å²) >= 11 is 0. The van der Waals surface area contributed by atoms with Gasteiger partial charge in [0.1, 0.15) is 23.3 Å². The second-order valence-electron chi connectivity index (χ2n) is 7.24. The number of benzene rings is 3. The van der Waals surface area contributed by atoms with Crippen molar-refractivity contribution in [1.82, 2.24) is 9.55 Å². The average molecular weight is 399 g/mol. The third kappa shape index (κ3) is 2.84. The maximum absolute atomic E-state index is 9.41. The molecule has 0 saturated heterocycles. The summed E-state index contributed by atoms with van der Waals surface area (Å²) in [5.41, 5.74) is 3.02. The highest BCUT2D eigenvalue weighted by Crippen LogP contribution is 2.48. The molecule has 1 aliphatic rings. The Morgan fingerprint density at radius 3 is 2.63 bits per heavy atom. The Bertz CT molecular complexity index is 1300. The lowest BCUT2D eigenvalue weighted by Crippen LogP contribution is -2.30. The van der Waals surface area contributed by atoms with Gasteiger partial charge in [-0.1, -0.05) is 42.5 Å². The van der Waals surface area contributed by atoms with Crippen LogP contribution >= 0.6 is 0 Å². The molecule has 1 atom stereocenters. The first kappa shape index (κ1) is 18.4. The number of nitrogens with one attached hydrogen (secondary N) is 1. The van der Waals surface area contributed by atoms with Crippen molar-refractivity contribution in [2.45, 2.75) is 12.5 Å². The molecule has 150 valence electrons. The molecule has 0 radical (unpaired) electrons. The molecule has 1 aliphatic heterocycles. The van der Waals surface area contributed by atoms with Crippen LogP contribution in [-0.4, -0.2) is 28.4 Å². The average Bonchev–Trinajstić information content (AvgIpc) is 2.79. The first-order chi connectivity index (χ1) is 14.7. The Hall–Kier alpha value is -3.64. The van der Waals surface area contributed by atoms with Gasteiger partial charge >= 0.3 is 0 Å². The zero-order chi connectivity index (χ0) is 20.7. The molecule has 30 heavy (non-hydrogen) atoms. The van der Waals surface area contributed by atoms with Gasteiger partial charge in [0.2, 0.25) is 5.88 Å². The fourth-order valence-corrected chi connectivity index (χ4v) is 4.16. The van der Waals surface area contributed by atoms with Crippen LogP contribution in [0.25, 0.3) is 10.8 Å². The van der Waals surface area contributed by atoms with Gasteiger partial charge in [-0.2, -0.15) is 0 Å². The van der Waals surface area contributed by atoms with Crippen LogP contribution in [0, 0.1) is 5.41 Å². The van der Waals surface area contributed by atoms with Crippen LogP contribution in [0.4, 0.5) is 0 Å². The summed E-state index contributed by atoms with van der Waals surface area (Å²) in [6.07, 6.45) is 1.55. The quantitative estimate of drug-likeness (QED) is 0.482. The van der Waals surface area contributed by atoms with Crippen molar-refractivity contribution in [3.05, 3.63) is 89.2 Å². The molecule has 0 spiro atoms. The number of rotatable bonds is 4. The van der Waals surface area contributed by atoms with Crippen LogP contribution in [0.2, 0.25) is 0 Å². The third-order valence-electron chi connectivity index (χ3n) is 5.59. The number of fused-ring (bicyclic) bond motifs is 4. The molecule has 3 aromatic carbocycles. The predicted molar refractivity (Wildman–Crippen MR) is 113 cm³/mol. The lowest BCUT2D eigenvalue weighted by Gasteiger charge is -2.29. The van der Waals surface area contributed by atoms with Crippen LogP contribution in [-0.2, 0) is 6.54 Å². The summed E-state index contributed by atoms with van der Waals surface area (Å²) in [5, 5.41) is 20.4. The summed E-state index contributed by atoms with van der Waals surface area (Å²) in [6, 6.07) is 20.1. The maximum Gasteiger partial charge on any atom is 0.228 e. The van der Waals surface area contributed by atoms with E-state index in [0.717, 1.165) is 33.4 Å². The molecule has 6 heteroatoms. The molecule has 0 unspecified atom stereocenters. The second kappa shape index (κ2) is 7.31. The number of aromatic nitrogens is 2. The normalized spacial score (nSPS) is 14.7. The van der Waals surface area contributed by atoms with Crippen LogP contribution in [0.3, 0.4) is 0 Å². The molecule has 0 amide bonds. The van der Waals surface area contributed by atoms with Crippen molar-refractivity contribution in [3.63, 3.8) is 0 Å². The molecule has 1 aromatic heterocycles. The highest BCUT2D eigenvalue weighted by atomic mass is 16.5. The Morgan fingerprint density at radius 1 is 1.07 bits per heavy atom. The van der Waals surface area contributed by atoms with Gasteiger partial charge in [0.15, 0.2) is 0 Å². The van der Waals surface area contributed by atoms with E-state index in [1.165, 1.54) is 0 Å². The van der Waals surface area contributed by atoms with E-state index in [-0.39, 0.29) is 18.0 Å². The molecule has 0 bridgehead atoms. The molecule has 0 aliphatic carbocycles. The number of ether oxygens (including phenoxy) is 2. The van der Waals surface area contributed by atoms with E-state index in [0.29, 0.717) is 18.0 Å². The number of nitrogens with zero attached hydrogens (tertiary/aromatic N) is 2. The van der Waals surface area contributed by atoms with Crippen molar-refractivity contribution < 1.29 is 14.6 Å². The number of hydrogen-bond donors (Lipinski definition) is 2. The minimum atomic E-state index is -0.230. The first-order valence-corrected chi connectivity index (χ1v) is 9.79. The van der Waals surface area contributed by atoms with Crippen LogP contribution in [0.5, 0.6) is 17.4 Å². The van der Waals surface area contributed by atoms with E-state index in [1.54, 1.807) is 18.0 Å². The number of methoxy groups -OCH3 is 1. The zero-order valence-electron chi connectivity index (χ0n) is 16.5. The Kier molecular flexibility index (Phi) is 4.48. The van der Waals surface area contributed by atoms with Gasteiger partial charge in [-0.3, -0.25) is 5.41 Å². The predicted octanol–water partition coefficient (Wildman–Crippen LogP) is 3.80. The van der Waals surface area contributed by atoms with E-state index in [2.05, 4.69) is 17.1 Å². The van der Waals surface area contributed by atoms with Gasteiger partial charge < -0.3 is 19.1 Å². The Morgan fingerprint density at radius 2 is 1.87 bits per heavy atom. The summed E-state index contributed by atoms with van der Waals surface area (Å²) < 4.78 is 13.1. The standard InChI is InChI=1S/C24H21N3O3/c1-29-17-9-6-16(7-10-17)20-21-18-5-3-2-4-15(18)8-11-19(21)30-24-22(20)23(25)27(12-13-28)14-26-24/h2-11,14,20,25,28H,12-13H2,1H3/t20-/m1/s1. The van der Waals surface area contributed by atoms with E-state index >= 15 is 0 Å². The lowest BCUT2D eigenvalue weighted by atomic mass is 9.81. The van der Waals surface area contributed by atoms with Gasteiger partial charge in [-0.05, 0) is 34.5 Å². The van der Waals surface area contributed by atoms with Gasteiger partial charge in [-0.15, -0.1) is 0 Å². The summed E-state index contributed by atoms with van der Waals surface area (Å²) in [6.45, 7) is 0.238. The van der Waals surface area contributed by atoms with E-state index < -0.39 is 0 Å². The van der Waals surface area contributed by atoms with Crippen LogP contribution < -0.4 is 15.0 Å². The summed E-state index contributed by atoms with van der Waals surface area (Å²) in [5.74, 6) is 1.72. The fraction of sp³-hybridized carbons (Fsp3) is 0.167. The molecule has 0 saturated carbocycles. The zero-order valence-corrected chi connectivity index (χ0v) is 16.5. The molecule has 6 nitrogen and oxygen atoms in total. The largest absolute Gasteiger partial charge is 0.497 e. The highest BCUT2D eigenvalue weighted by Gasteiger charge is 2.33. The lowest BCUT2D eigenvalue weighted by molar-refractivity contribution is 0.271. The van der Waals surface area contributed by atoms with Gasteiger partial charge in [0.05, 0.1) is 19.3 Å². The molecule has 0 fully saturated rings. The first-order valence-electron chi connectivity index (χ1n) is 9.79. The molecule has 5 rings (SSSR count). The number of aliphatic hydroxyl groups is 1. The minimum Gasteiger partial charge on any atom is -0.497 e. The molecular weight excluding hydrogens is 378 g/mol. The third-order valence-corrected chi connectivity index (χ3v) is 5.59. The van der Waals surface area contributed by atoms with Gasteiger partial charge in [-0.25, -0.2) is 4.98 Å². The van der Waals surface area contributed by atoms with Crippen molar-refractivity contribution in [1.29, 1.82) is 5.41 Å². The fourth-order valence-electron chi connectivity index (χ4n) is 4.16. The monoisotopic (exact) mass is 399 g/mol. The summed E-state index contributed by atoms with van der Waals surface area (Å²) in [4.78, 5) is 4.47. The van der Waals surface area contributed by atoms with E-state index in [4.69, 9.17) is 14.9 Å². The number of aliphatic hydroxyl groups excluding tert-OH is 1. The highest BCUT2D eigenvalue weighted by molar-refractivity contribution is 5.90. The summed E-state index contributed by atoms with van der Waals surface area (Å²) in [7, 11) is 1.64. The molecule has 2 N–H and O–H groups in total. The Balaban J connectivity index is 1.83. The van der Waals surface area contributed by atoms with Crippen molar-refractivity contribution in [2.75, 3.05) is 13.7 Å². The SMILES string of the molecule is COc1ccc([C@H]2c3c(ncn(CCO)c3=N)Oc3ccc4ccccc4c32)cc1. The van der Waals surface area contributed by atoms with Crippen molar-refractivity contribution >= 4 is 10.8 Å². The van der Waals surface area contributed by atoms with Gasteiger partial charge in [0.25, 0.3) is 0 Å². The molecular formula is C24H21N3O3. The van der Waals surface area contributed by atoms with Crippen molar-refractivity contribution in [2.24, 2.45) is 0 Å². The maximum atomic E-state index is 9.41. The number of hydrogen-bond acceptors (Lipinski definition) is 5. The smallest absolute Gasteiger partial charge is 0.228 e. The van der Waals surface area contributed by atoms with E-state index in [1.807, 2.05) is 48.5 Å². The topological polar surface area (TPSA) is 80.4 Å². The Labute approximate surface area is 173 Å². The minimum absolute atomic E-state index is 0.0649. The van der Waals surface area contributed by atoms with Crippen LogP contribution in [0.15, 0.2) is 67.0 Å². The van der Waals surface area contributed by atoms with Crippen molar-refractivity contribution in [3.8, 4) is 17.4 Å². The molecule has 4 aromatic rings. The van der Waals surface area contributed by atoms with Gasteiger partial charge in [0, 0.05) is 18.0 Å². The van der Waals surface area contributed by atoms with Crippen LogP contribution in [0.1, 0.15) is 22.6 Å². The molecule has 2 heterocycles. The van der Waals surface area contributed by atoms with E-state index in [9.17, 15) is 5.11 Å². The second-order valence-corrected chi connectivity index (χ2v) is 7.24.